The number of para-hydroxylation sites is 1. The van der Waals surface area contributed by atoms with Gasteiger partial charge in [-0.3, -0.25) is 0 Å². The van der Waals surface area contributed by atoms with Crippen LogP contribution in [0.5, 0.6) is 5.75 Å². The first-order chi connectivity index (χ1) is 7.25. The van der Waals surface area contributed by atoms with Gasteiger partial charge in [-0.2, -0.15) is 0 Å². The van der Waals surface area contributed by atoms with E-state index in [1.54, 1.807) is 0 Å². The van der Waals surface area contributed by atoms with Crippen LogP contribution in [0, 0.1) is 6.92 Å². The van der Waals surface area contributed by atoms with Gasteiger partial charge in [0.2, 0.25) is 0 Å². The van der Waals surface area contributed by atoms with Crippen LogP contribution in [0.4, 0.5) is 0 Å². The average molecular weight is 203 g/mol. The molecule has 2 nitrogen and oxygen atoms in total. The highest BCUT2D eigenvalue weighted by Crippen LogP contribution is 2.40. The van der Waals surface area contributed by atoms with Crippen molar-refractivity contribution < 1.29 is 4.74 Å². The first-order valence-corrected chi connectivity index (χ1v) is 5.78. The summed E-state index contributed by atoms with van der Waals surface area (Å²) < 4.78 is 5.92. The third-order valence-corrected chi connectivity index (χ3v) is 3.34. The zero-order chi connectivity index (χ0) is 10.4. The Kier molecular flexibility index (Phi) is 1.99. The van der Waals surface area contributed by atoms with Crippen LogP contribution in [0.3, 0.4) is 0 Å². The van der Waals surface area contributed by atoms with Crippen LogP contribution in [0.15, 0.2) is 18.2 Å². The summed E-state index contributed by atoms with van der Waals surface area (Å²) in [6.07, 6.45) is 2.91. The second kappa shape index (κ2) is 3.24. The van der Waals surface area contributed by atoms with E-state index in [0.717, 1.165) is 11.8 Å². The molecule has 0 amide bonds. The average Bonchev–Trinajstić information content (AvgIpc) is 2.96. The number of fused-ring (bicyclic) bond motifs is 1. The molecule has 1 heterocycles. The lowest BCUT2D eigenvalue weighted by Crippen LogP contribution is -2.30. The minimum Gasteiger partial charge on any atom is -0.488 e. The zero-order valence-corrected chi connectivity index (χ0v) is 9.29. The van der Waals surface area contributed by atoms with Gasteiger partial charge in [0.05, 0.1) is 6.04 Å². The molecular formula is C13H17NO. The largest absolute Gasteiger partial charge is 0.488 e. The molecule has 15 heavy (non-hydrogen) atoms. The van der Waals surface area contributed by atoms with Crippen LogP contribution in [-0.2, 0) is 0 Å². The maximum absolute atomic E-state index is 5.92. The van der Waals surface area contributed by atoms with Gasteiger partial charge < -0.3 is 10.1 Å². The highest BCUT2D eigenvalue weighted by atomic mass is 16.5. The molecule has 1 aliphatic carbocycles. The lowest BCUT2D eigenvalue weighted by Gasteiger charge is -2.16. The van der Waals surface area contributed by atoms with Crippen molar-refractivity contribution in [2.24, 2.45) is 0 Å². The summed E-state index contributed by atoms with van der Waals surface area (Å²) in [7, 11) is 0. The molecule has 80 valence electrons. The van der Waals surface area contributed by atoms with E-state index in [9.17, 15) is 0 Å². The molecule has 2 heteroatoms. The standard InChI is InChI=1S/C13H17NO/c1-8-4-3-5-11-12(14-10-6-7-10)9(2)15-13(8)11/h3-5,9-10,12,14H,6-7H2,1-2H3. The van der Waals surface area contributed by atoms with Gasteiger partial charge in [0.15, 0.2) is 0 Å². The van der Waals surface area contributed by atoms with Gasteiger partial charge in [0.1, 0.15) is 11.9 Å². The van der Waals surface area contributed by atoms with Crippen LogP contribution in [-0.4, -0.2) is 12.1 Å². The molecule has 2 aliphatic rings. The van der Waals surface area contributed by atoms with Gasteiger partial charge in [-0.25, -0.2) is 0 Å². The Bertz CT molecular complexity index is 384. The number of nitrogens with one attached hydrogen (secondary N) is 1. The van der Waals surface area contributed by atoms with Gasteiger partial charge in [-0.15, -0.1) is 0 Å². The smallest absolute Gasteiger partial charge is 0.127 e. The summed E-state index contributed by atoms with van der Waals surface area (Å²) in [6, 6.07) is 7.55. The molecule has 0 aromatic heterocycles. The van der Waals surface area contributed by atoms with Crippen molar-refractivity contribution in [1.82, 2.24) is 5.32 Å². The summed E-state index contributed by atoms with van der Waals surface area (Å²) in [5.74, 6) is 1.10. The van der Waals surface area contributed by atoms with Gasteiger partial charge in [0, 0.05) is 11.6 Å². The van der Waals surface area contributed by atoms with E-state index < -0.39 is 0 Å². The Balaban J connectivity index is 1.93. The van der Waals surface area contributed by atoms with E-state index in [2.05, 4.69) is 37.4 Å². The Hall–Kier alpha value is -1.02. The lowest BCUT2D eigenvalue weighted by molar-refractivity contribution is 0.207. The zero-order valence-electron chi connectivity index (χ0n) is 9.29. The van der Waals surface area contributed by atoms with E-state index in [1.807, 2.05) is 0 Å². The molecule has 1 fully saturated rings. The highest BCUT2D eigenvalue weighted by Gasteiger charge is 2.35. The molecule has 2 atom stereocenters. The topological polar surface area (TPSA) is 21.3 Å². The first-order valence-electron chi connectivity index (χ1n) is 5.78. The van der Waals surface area contributed by atoms with E-state index in [4.69, 9.17) is 4.74 Å². The molecule has 3 rings (SSSR count). The third kappa shape index (κ3) is 1.53. The van der Waals surface area contributed by atoms with E-state index in [0.29, 0.717) is 6.04 Å². The highest BCUT2D eigenvalue weighted by molar-refractivity contribution is 5.46. The minimum atomic E-state index is 0.265. The second-order valence-corrected chi connectivity index (χ2v) is 4.73. The monoisotopic (exact) mass is 203 g/mol. The van der Waals surface area contributed by atoms with E-state index in [1.165, 1.54) is 24.0 Å². The number of rotatable bonds is 2. The summed E-state index contributed by atoms with van der Waals surface area (Å²) in [4.78, 5) is 0. The number of benzene rings is 1. The summed E-state index contributed by atoms with van der Waals surface area (Å²) in [5, 5.41) is 3.66. The van der Waals surface area contributed by atoms with Gasteiger partial charge in [-0.05, 0) is 32.3 Å². The van der Waals surface area contributed by atoms with Crippen LogP contribution < -0.4 is 10.1 Å². The Labute approximate surface area is 90.6 Å². The Morgan fingerprint density at radius 3 is 2.87 bits per heavy atom. The van der Waals surface area contributed by atoms with Gasteiger partial charge in [-0.1, -0.05) is 18.2 Å². The summed E-state index contributed by atoms with van der Waals surface area (Å²) >= 11 is 0. The lowest BCUT2D eigenvalue weighted by atomic mass is 10.0. The van der Waals surface area contributed by atoms with Crippen LogP contribution in [0.2, 0.25) is 0 Å². The van der Waals surface area contributed by atoms with Crippen LogP contribution >= 0.6 is 0 Å². The summed E-state index contributed by atoms with van der Waals surface area (Å²) in [6.45, 7) is 4.27. The van der Waals surface area contributed by atoms with Crippen molar-refractivity contribution in [2.75, 3.05) is 0 Å². The molecule has 2 unspecified atom stereocenters. The molecule has 1 saturated carbocycles. The molecule has 1 aromatic rings. The minimum absolute atomic E-state index is 0.265. The van der Waals surface area contributed by atoms with Crippen LogP contribution in [0.25, 0.3) is 0 Å². The molecule has 1 aliphatic heterocycles. The third-order valence-electron chi connectivity index (χ3n) is 3.34. The molecule has 0 bridgehead atoms. The first kappa shape index (κ1) is 9.22. The van der Waals surface area contributed by atoms with Crippen molar-refractivity contribution in [1.29, 1.82) is 0 Å². The normalized spacial score (nSPS) is 28.7. The fourth-order valence-electron chi connectivity index (χ4n) is 2.32. The summed E-state index contributed by atoms with van der Waals surface area (Å²) in [5.41, 5.74) is 2.59. The number of hydrogen-bond acceptors (Lipinski definition) is 2. The SMILES string of the molecule is Cc1cccc2c1OC(C)C2NC1CC1. The number of ether oxygens (including phenoxy) is 1. The van der Waals surface area contributed by atoms with Gasteiger partial charge >= 0.3 is 0 Å². The predicted octanol–water partition coefficient (Wildman–Crippen LogP) is 2.57. The molecule has 0 spiro atoms. The van der Waals surface area contributed by atoms with Crippen molar-refractivity contribution >= 4 is 0 Å². The van der Waals surface area contributed by atoms with E-state index >= 15 is 0 Å². The fourth-order valence-corrected chi connectivity index (χ4v) is 2.32. The van der Waals surface area contributed by atoms with Gasteiger partial charge in [0.25, 0.3) is 0 Å². The Morgan fingerprint density at radius 2 is 2.13 bits per heavy atom. The molecule has 1 aromatic carbocycles. The van der Waals surface area contributed by atoms with E-state index in [-0.39, 0.29) is 6.10 Å². The number of aryl methyl sites for hydroxylation is 1. The van der Waals surface area contributed by atoms with Crippen molar-refractivity contribution in [3.05, 3.63) is 29.3 Å². The number of hydrogen-bond donors (Lipinski definition) is 1. The predicted molar refractivity (Wildman–Crippen MR) is 60.2 cm³/mol. The fraction of sp³-hybridized carbons (Fsp3) is 0.538. The maximum Gasteiger partial charge on any atom is 0.127 e. The van der Waals surface area contributed by atoms with Crippen LogP contribution in [0.1, 0.15) is 36.9 Å². The molecular weight excluding hydrogens is 186 g/mol. The molecule has 1 N–H and O–H groups in total. The quantitative estimate of drug-likeness (QED) is 0.797. The molecule has 0 saturated heterocycles. The van der Waals surface area contributed by atoms with Crippen molar-refractivity contribution in [3.8, 4) is 5.75 Å². The second-order valence-electron chi connectivity index (χ2n) is 4.73. The Morgan fingerprint density at radius 1 is 1.33 bits per heavy atom. The maximum atomic E-state index is 5.92. The van der Waals surface area contributed by atoms with Crippen molar-refractivity contribution in [3.63, 3.8) is 0 Å². The van der Waals surface area contributed by atoms with Crippen molar-refractivity contribution in [2.45, 2.75) is 44.9 Å². The molecule has 0 radical (unpaired) electrons.